The molecule has 0 saturated carbocycles. The van der Waals surface area contributed by atoms with Gasteiger partial charge in [0, 0.05) is 8.95 Å². The third kappa shape index (κ3) is 5.63. The van der Waals surface area contributed by atoms with Gasteiger partial charge in [-0.3, -0.25) is 0 Å². The van der Waals surface area contributed by atoms with Crippen LogP contribution in [0.1, 0.15) is 34.6 Å². The summed E-state index contributed by atoms with van der Waals surface area (Å²) in [4.78, 5) is 22.6. The van der Waals surface area contributed by atoms with Crippen molar-refractivity contribution in [1.82, 2.24) is 0 Å². The molecule has 2 aromatic rings. The predicted octanol–water partition coefficient (Wildman–Crippen LogP) is 3.46. The number of aliphatic hydroxyl groups excluding tert-OH is 1. The Morgan fingerprint density at radius 3 is 1.81 bits per heavy atom. The summed E-state index contributed by atoms with van der Waals surface area (Å²) >= 11 is 6.28. The Bertz CT molecular complexity index is 818. The Balaban J connectivity index is 0.000000283. The number of ether oxygens (including phenoxy) is 2. The van der Waals surface area contributed by atoms with Gasteiger partial charge in [0.25, 0.3) is 0 Å². The van der Waals surface area contributed by atoms with Crippen molar-refractivity contribution in [1.29, 1.82) is 0 Å². The van der Waals surface area contributed by atoms with Crippen LogP contribution in [0.25, 0.3) is 0 Å². The minimum atomic E-state index is -2.38. The fourth-order valence-electron chi connectivity index (χ4n) is 1.86. The average Bonchev–Trinajstić information content (AvgIpc) is 2.66. The lowest BCUT2D eigenvalue weighted by molar-refractivity contribution is 0.0597. The molecule has 6 nitrogen and oxygen atoms in total. The minimum absolute atomic E-state index is 0.124. The fourth-order valence-corrected chi connectivity index (χ4v) is 2.92. The van der Waals surface area contributed by atoms with E-state index in [1.54, 1.807) is 30.3 Å². The van der Waals surface area contributed by atoms with Crippen LogP contribution < -0.4 is 0 Å². The van der Waals surface area contributed by atoms with Gasteiger partial charge in [-0.1, -0.05) is 40.2 Å². The molecule has 2 rings (SSSR count). The Morgan fingerprint density at radius 2 is 1.38 bits per heavy atom. The molecule has 2 aromatic carbocycles. The summed E-state index contributed by atoms with van der Waals surface area (Å²) in [5.74, 6) is -1.01. The summed E-state index contributed by atoms with van der Waals surface area (Å²) in [5.41, 5.74) is 1.26. The number of benzene rings is 2. The molecule has 0 saturated heterocycles. The highest BCUT2D eigenvalue weighted by molar-refractivity contribution is 9.11. The molecule has 140 valence electrons. The summed E-state index contributed by atoms with van der Waals surface area (Å²) in [6.45, 7) is -2.57. The molecule has 0 heterocycles. The SMILES string of the molecule is COC(=O)c1cccc(C(=O)OC)c1Br.[2H]C([2H])(O)c1cccc(CO)c1Br. The highest BCUT2D eigenvalue weighted by Gasteiger charge is 2.17. The van der Waals surface area contributed by atoms with Crippen LogP contribution in [0.2, 0.25) is 0 Å². The van der Waals surface area contributed by atoms with E-state index in [0.29, 0.717) is 25.6 Å². The van der Waals surface area contributed by atoms with Gasteiger partial charge in [0.1, 0.15) is 0 Å². The van der Waals surface area contributed by atoms with Crippen molar-refractivity contribution in [2.24, 2.45) is 0 Å². The molecular formula is C18H18Br2O6. The van der Waals surface area contributed by atoms with Crippen LogP contribution in [0.4, 0.5) is 0 Å². The number of rotatable bonds is 4. The lowest BCUT2D eigenvalue weighted by atomic mass is 10.1. The maximum absolute atomic E-state index is 11.3. The van der Waals surface area contributed by atoms with E-state index in [4.69, 9.17) is 13.0 Å². The van der Waals surface area contributed by atoms with Crippen molar-refractivity contribution < 1.29 is 32.0 Å². The van der Waals surface area contributed by atoms with Crippen LogP contribution in [-0.4, -0.2) is 36.4 Å². The second-order valence-electron chi connectivity index (χ2n) is 4.70. The number of hydrogen-bond acceptors (Lipinski definition) is 6. The number of esters is 2. The normalized spacial score (nSPS) is 11.5. The first kappa shape index (κ1) is 19.0. The summed E-state index contributed by atoms with van der Waals surface area (Å²) in [6.07, 6.45) is 0. The molecule has 0 radical (unpaired) electrons. The van der Waals surface area contributed by atoms with Crippen LogP contribution in [0, 0.1) is 0 Å². The van der Waals surface area contributed by atoms with Gasteiger partial charge in [0.05, 0.1) is 41.3 Å². The number of hydrogen-bond donors (Lipinski definition) is 2. The topological polar surface area (TPSA) is 93.1 Å². The molecular weight excluding hydrogens is 472 g/mol. The zero-order valence-electron chi connectivity index (χ0n) is 16.0. The van der Waals surface area contributed by atoms with Crippen molar-refractivity contribution in [3.8, 4) is 0 Å². The van der Waals surface area contributed by atoms with Gasteiger partial charge in [-0.15, -0.1) is 0 Å². The van der Waals surface area contributed by atoms with E-state index in [9.17, 15) is 9.59 Å². The van der Waals surface area contributed by atoms with Gasteiger partial charge < -0.3 is 19.7 Å². The lowest BCUT2D eigenvalue weighted by Gasteiger charge is -2.06. The highest BCUT2D eigenvalue weighted by atomic mass is 79.9. The largest absolute Gasteiger partial charge is 0.465 e. The first-order chi connectivity index (χ1) is 13.1. The van der Waals surface area contributed by atoms with E-state index in [1.807, 2.05) is 0 Å². The quantitative estimate of drug-likeness (QED) is 0.636. The third-order valence-electron chi connectivity index (χ3n) is 3.18. The van der Waals surface area contributed by atoms with Gasteiger partial charge in [0.2, 0.25) is 0 Å². The molecule has 0 aromatic heterocycles. The van der Waals surface area contributed by atoms with E-state index >= 15 is 0 Å². The second kappa shape index (κ2) is 11.1. The average molecular weight is 492 g/mol. The van der Waals surface area contributed by atoms with Crippen molar-refractivity contribution in [3.63, 3.8) is 0 Å². The molecule has 8 heteroatoms. The van der Waals surface area contributed by atoms with Crippen molar-refractivity contribution in [2.45, 2.75) is 13.2 Å². The molecule has 0 atom stereocenters. The van der Waals surface area contributed by atoms with Gasteiger partial charge in [-0.25, -0.2) is 9.59 Å². The van der Waals surface area contributed by atoms with E-state index in [1.165, 1.54) is 20.3 Å². The van der Waals surface area contributed by atoms with Crippen molar-refractivity contribution in [2.75, 3.05) is 14.2 Å². The zero-order chi connectivity index (χ0) is 21.5. The Hall–Kier alpha value is -1.74. The summed E-state index contributed by atoms with van der Waals surface area (Å²) in [6, 6.07) is 9.40. The minimum Gasteiger partial charge on any atom is -0.465 e. The van der Waals surface area contributed by atoms with Crippen LogP contribution in [0.3, 0.4) is 0 Å². The van der Waals surface area contributed by atoms with Crippen LogP contribution in [-0.2, 0) is 22.6 Å². The smallest absolute Gasteiger partial charge is 0.339 e. The van der Waals surface area contributed by atoms with Crippen molar-refractivity contribution >= 4 is 43.8 Å². The number of methoxy groups -OCH3 is 2. The standard InChI is InChI=1S/C10H9BrO4.C8H9BrO2/c1-14-9(12)6-4-3-5-7(8(6)11)10(13)15-2;9-8-6(4-10)2-1-3-7(8)5-11/h3-5H,1-2H3;1-3,10-11H,4-5H2/i;4D2. The van der Waals surface area contributed by atoms with E-state index in [0.717, 1.165) is 0 Å². The maximum Gasteiger partial charge on any atom is 0.339 e. The molecule has 0 bridgehead atoms. The summed E-state index contributed by atoms with van der Waals surface area (Å²) in [7, 11) is 2.55. The van der Waals surface area contributed by atoms with Crippen LogP contribution in [0.5, 0.6) is 0 Å². The van der Waals surface area contributed by atoms with Gasteiger partial charge >= 0.3 is 11.9 Å². The second-order valence-corrected chi connectivity index (χ2v) is 6.28. The number of aliphatic hydroxyl groups is 2. The molecule has 0 fully saturated rings. The van der Waals surface area contributed by atoms with Gasteiger partial charge in [-0.05, 0) is 39.2 Å². The lowest BCUT2D eigenvalue weighted by Crippen LogP contribution is -2.08. The number of halogens is 2. The van der Waals surface area contributed by atoms with Crippen LogP contribution in [0.15, 0.2) is 45.3 Å². The monoisotopic (exact) mass is 490 g/mol. The van der Waals surface area contributed by atoms with Gasteiger partial charge in [-0.2, -0.15) is 0 Å². The first-order valence-electron chi connectivity index (χ1n) is 8.14. The van der Waals surface area contributed by atoms with Gasteiger partial charge in [0.15, 0.2) is 0 Å². The highest BCUT2D eigenvalue weighted by Crippen LogP contribution is 2.23. The Labute approximate surface area is 170 Å². The molecule has 0 unspecified atom stereocenters. The van der Waals surface area contributed by atoms with E-state index < -0.39 is 18.5 Å². The summed E-state index contributed by atoms with van der Waals surface area (Å²) < 4.78 is 24.1. The molecule has 0 amide bonds. The molecule has 2 N–H and O–H groups in total. The molecule has 26 heavy (non-hydrogen) atoms. The number of carbonyl (C=O) groups is 2. The molecule has 0 aliphatic carbocycles. The fraction of sp³-hybridized carbons (Fsp3) is 0.222. The maximum atomic E-state index is 11.3. The Kier molecular flexibility index (Phi) is 8.11. The molecule has 0 aliphatic rings. The third-order valence-corrected chi connectivity index (χ3v) is 4.97. The van der Waals surface area contributed by atoms with Crippen LogP contribution >= 0.6 is 31.9 Å². The molecule has 0 spiro atoms. The number of carbonyl (C=O) groups excluding carboxylic acids is 2. The first-order valence-corrected chi connectivity index (χ1v) is 8.73. The van der Waals surface area contributed by atoms with Crippen molar-refractivity contribution in [3.05, 3.63) is 67.6 Å². The molecule has 0 aliphatic heterocycles. The predicted molar refractivity (Wildman–Crippen MR) is 103 cm³/mol. The zero-order valence-corrected chi connectivity index (χ0v) is 17.1. The van der Waals surface area contributed by atoms with E-state index in [-0.39, 0.29) is 12.2 Å². The summed E-state index contributed by atoms with van der Waals surface area (Å²) in [5, 5.41) is 18.0. The van der Waals surface area contributed by atoms with E-state index in [2.05, 4.69) is 41.3 Å². The Morgan fingerprint density at radius 1 is 0.923 bits per heavy atom.